The Morgan fingerprint density at radius 3 is 2.35 bits per heavy atom. The maximum absolute atomic E-state index is 13.2. The quantitative estimate of drug-likeness (QED) is 0.387. The van der Waals surface area contributed by atoms with E-state index in [1.54, 1.807) is 6.07 Å². The second kappa shape index (κ2) is 8.89. The molecule has 0 unspecified atom stereocenters. The molecule has 134 valence electrons. The van der Waals surface area contributed by atoms with E-state index in [4.69, 9.17) is 16.3 Å². The molecule has 26 heavy (non-hydrogen) atoms. The van der Waals surface area contributed by atoms with Gasteiger partial charge in [0.25, 0.3) is 0 Å². The molecule has 0 atom stereocenters. The van der Waals surface area contributed by atoms with Crippen LogP contribution in [0.1, 0.15) is 11.1 Å². The van der Waals surface area contributed by atoms with Crippen LogP contribution in [0.3, 0.4) is 0 Å². The van der Waals surface area contributed by atoms with Crippen molar-refractivity contribution in [1.29, 1.82) is 0 Å². The molecule has 6 heteroatoms. The summed E-state index contributed by atoms with van der Waals surface area (Å²) >= 11 is 13.0. The minimum atomic E-state index is -0.359. The largest absolute Gasteiger partial charge is 0.488 e. The fourth-order valence-corrected chi connectivity index (χ4v) is 3.28. The second-order valence-corrected chi connectivity index (χ2v) is 7.88. The summed E-state index contributed by atoms with van der Waals surface area (Å²) in [4.78, 5) is 0. The smallest absolute Gasteiger partial charge is 0.124 e. The first kappa shape index (κ1) is 19.2. The maximum atomic E-state index is 13.2. The second-order valence-electron chi connectivity index (χ2n) is 5.64. The Morgan fingerprint density at radius 2 is 1.62 bits per heavy atom. The fraction of sp³-hybridized carbons (Fsp3) is 0.100. The van der Waals surface area contributed by atoms with Crippen LogP contribution in [0, 0.1) is 5.82 Å². The Bertz CT molecular complexity index is 903. The summed E-state index contributed by atoms with van der Waals surface area (Å²) in [5, 5.41) is 3.73. The molecule has 0 amide bonds. The van der Waals surface area contributed by atoms with Gasteiger partial charge in [-0.1, -0.05) is 49.5 Å². The lowest BCUT2D eigenvalue weighted by Crippen LogP contribution is -2.04. The highest BCUT2D eigenvalue weighted by molar-refractivity contribution is 9.10. The molecular weight excluding hydrogens is 484 g/mol. The Labute approximate surface area is 173 Å². The summed E-state index contributed by atoms with van der Waals surface area (Å²) in [5.41, 5.74) is 2.75. The fourth-order valence-electron chi connectivity index (χ4n) is 2.39. The van der Waals surface area contributed by atoms with Crippen molar-refractivity contribution >= 4 is 49.1 Å². The Hall–Kier alpha value is -1.56. The van der Waals surface area contributed by atoms with Gasteiger partial charge in [-0.25, -0.2) is 4.39 Å². The van der Waals surface area contributed by atoms with Gasteiger partial charge in [0.05, 0.1) is 5.02 Å². The molecule has 0 aromatic heterocycles. The van der Waals surface area contributed by atoms with Gasteiger partial charge in [0.2, 0.25) is 0 Å². The van der Waals surface area contributed by atoms with Crippen molar-refractivity contribution < 1.29 is 9.13 Å². The first-order valence-corrected chi connectivity index (χ1v) is 9.82. The molecular formula is C20H15Br2ClFNO. The lowest BCUT2D eigenvalue weighted by atomic mass is 10.2. The van der Waals surface area contributed by atoms with Gasteiger partial charge in [-0.3, -0.25) is 0 Å². The third kappa shape index (κ3) is 5.22. The molecule has 0 aliphatic heterocycles. The first-order chi connectivity index (χ1) is 12.5. The van der Waals surface area contributed by atoms with Gasteiger partial charge in [-0.05, 0) is 54.6 Å². The molecule has 0 bridgehead atoms. The van der Waals surface area contributed by atoms with Crippen LogP contribution in [0.4, 0.5) is 10.1 Å². The van der Waals surface area contributed by atoms with Crippen LogP contribution >= 0.6 is 43.5 Å². The molecule has 0 saturated heterocycles. The molecule has 0 heterocycles. The average molecular weight is 500 g/mol. The lowest BCUT2D eigenvalue weighted by Gasteiger charge is -2.14. The standard InChI is InChI=1S/C20H15Br2ClFNO/c21-15-2-6-18(7-3-15)25-11-14-9-16(22)4-8-20(14)26-12-13-1-5-17(24)10-19(13)23/h1-10,25H,11-12H2. The van der Waals surface area contributed by atoms with Crippen LogP contribution in [0.25, 0.3) is 0 Å². The monoisotopic (exact) mass is 497 g/mol. The molecule has 3 rings (SSSR count). The molecule has 0 saturated carbocycles. The zero-order chi connectivity index (χ0) is 18.5. The number of rotatable bonds is 6. The van der Waals surface area contributed by atoms with E-state index < -0.39 is 0 Å². The molecule has 1 N–H and O–H groups in total. The molecule has 2 nitrogen and oxygen atoms in total. The van der Waals surface area contributed by atoms with E-state index in [1.807, 2.05) is 42.5 Å². The number of halogens is 4. The predicted molar refractivity (Wildman–Crippen MR) is 111 cm³/mol. The van der Waals surface area contributed by atoms with Crippen LogP contribution in [-0.4, -0.2) is 0 Å². The summed E-state index contributed by atoms with van der Waals surface area (Å²) in [6.45, 7) is 0.875. The molecule has 0 radical (unpaired) electrons. The molecule has 0 aliphatic carbocycles. The summed E-state index contributed by atoms with van der Waals surface area (Å²) in [6, 6.07) is 18.1. The molecule has 3 aromatic carbocycles. The third-order valence-corrected chi connectivity index (χ3v) is 5.12. The minimum Gasteiger partial charge on any atom is -0.488 e. The summed E-state index contributed by atoms with van der Waals surface area (Å²) < 4.78 is 21.1. The van der Waals surface area contributed by atoms with E-state index in [0.717, 1.165) is 31.5 Å². The van der Waals surface area contributed by atoms with Gasteiger partial charge >= 0.3 is 0 Å². The highest BCUT2D eigenvalue weighted by atomic mass is 79.9. The number of hydrogen-bond acceptors (Lipinski definition) is 2. The van der Waals surface area contributed by atoms with Gasteiger partial charge in [-0.15, -0.1) is 0 Å². The lowest BCUT2D eigenvalue weighted by molar-refractivity contribution is 0.303. The van der Waals surface area contributed by atoms with E-state index in [9.17, 15) is 4.39 Å². The Kier molecular flexibility index (Phi) is 6.57. The van der Waals surface area contributed by atoms with Gasteiger partial charge in [0.15, 0.2) is 0 Å². The van der Waals surface area contributed by atoms with E-state index in [1.165, 1.54) is 12.1 Å². The van der Waals surface area contributed by atoms with Gasteiger partial charge in [0.1, 0.15) is 18.2 Å². The molecule has 3 aromatic rings. The predicted octanol–water partition coefficient (Wildman–Crippen LogP) is 7.20. The minimum absolute atomic E-state index is 0.270. The normalized spacial score (nSPS) is 10.6. The van der Waals surface area contributed by atoms with Crippen LogP contribution < -0.4 is 10.1 Å². The number of ether oxygens (including phenoxy) is 1. The zero-order valence-corrected chi connectivity index (χ0v) is 17.5. The van der Waals surface area contributed by atoms with Crippen molar-refractivity contribution in [3.8, 4) is 5.75 Å². The Morgan fingerprint density at radius 1 is 0.885 bits per heavy atom. The zero-order valence-electron chi connectivity index (χ0n) is 13.6. The van der Waals surface area contributed by atoms with E-state index in [2.05, 4.69) is 37.2 Å². The molecule has 0 fully saturated rings. The topological polar surface area (TPSA) is 21.3 Å². The third-order valence-electron chi connectivity index (χ3n) is 3.75. The van der Waals surface area contributed by atoms with E-state index in [0.29, 0.717) is 11.6 Å². The molecule has 0 aliphatic rings. The number of anilines is 1. The molecule has 0 spiro atoms. The van der Waals surface area contributed by atoms with E-state index >= 15 is 0 Å². The summed E-state index contributed by atoms with van der Waals surface area (Å²) in [7, 11) is 0. The van der Waals surface area contributed by atoms with Crippen LogP contribution in [0.15, 0.2) is 69.6 Å². The highest BCUT2D eigenvalue weighted by Gasteiger charge is 2.08. The van der Waals surface area contributed by atoms with Gasteiger partial charge in [-0.2, -0.15) is 0 Å². The van der Waals surface area contributed by atoms with Crippen molar-refractivity contribution in [3.05, 3.63) is 91.6 Å². The van der Waals surface area contributed by atoms with E-state index in [-0.39, 0.29) is 12.4 Å². The van der Waals surface area contributed by atoms with Crippen molar-refractivity contribution in [2.45, 2.75) is 13.2 Å². The van der Waals surface area contributed by atoms with Crippen molar-refractivity contribution in [2.24, 2.45) is 0 Å². The van der Waals surface area contributed by atoms with Crippen molar-refractivity contribution in [1.82, 2.24) is 0 Å². The first-order valence-electron chi connectivity index (χ1n) is 7.86. The SMILES string of the molecule is Fc1ccc(COc2ccc(Br)cc2CNc2ccc(Br)cc2)c(Cl)c1. The van der Waals surface area contributed by atoms with Crippen LogP contribution in [0.5, 0.6) is 5.75 Å². The number of hydrogen-bond donors (Lipinski definition) is 1. The number of benzene rings is 3. The maximum Gasteiger partial charge on any atom is 0.124 e. The van der Waals surface area contributed by atoms with Crippen molar-refractivity contribution in [2.75, 3.05) is 5.32 Å². The Balaban J connectivity index is 1.71. The average Bonchev–Trinajstić information content (AvgIpc) is 2.62. The van der Waals surface area contributed by atoms with Crippen molar-refractivity contribution in [3.63, 3.8) is 0 Å². The highest BCUT2D eigenvalue weighted by Crippen LogP contribution is 2.27. The van der Waals surface area contributed by atoms with Gasteiger partial charge < -0.3 is 10.1 Å². The number of nitrogens with one attached hydrogen (secondary N) is 1. The van der Waals surface area contributed by atoms with Crippen LogP contribution in [0.2, 0.25) is 5.02 Å². The summed E-state index contributed by atoms with van der Waals surface area (Å²) in [5.74, 6) is 0.389. The van der Waals surface area contributed by atoms with Crippen LogP contribution in [-0.2, 0) is 13.2 Å². The summed E-state index contributed by atoms with van der Waals surface area (Å²) in [6.07, 6.45) is 0. The van der Waals surface area contributed by atoms with Gasteiger partial charge in [0, 0.05) is 32.3 Å².